The first-order valence-electron chi connectivity index (χ1n) is 10.0. The molecule has 1 aromatic rings. The van der Waals surface area contributed by atoms with Crippen molar-refractivity contribution in [2.24, 2.45) is 17.8 Å². The van der Waals surface area contributed by atoms with Crippen LogP contribution < -0.4 is 28.9 Å². The lowest BCUT2D eigenvalue weighted by Crippen LogP contribution is -3.00. The minimum atomic E-state index is -0.273. The zero-order chi connectivity index (χ0) is 17.3. The van der Waals surface area contributed by atoms with Gasteiger partial charge in [0.05, 0.1) is 30.7 Å². The van der Waals surface area contributed by atoms with Crippen LogP contribution in [0.4, 0.5) is 5.69 Å². The maximum Gasteiger partial charge on any atom is 0.193 e. The molecule has 26 heavy (non-hydrogen) atoms. The second kappa shape index (κ2) is 5.16. The van der Waals surface area contributed by atoms with E-state index >= 15 is 0 Å². The summed E-state index contributed by atoms with van der Waals surface area (Å²) in [6, 6.07) is 9.87. The van der Waals surface area contributed by atoms with Gasteiger partial charge in [0.25, 0.3) is 0 Å². The molecule has 7 rings (SSSR count). The maximum absolute atomic E-state index is 11.7. The maximum atomic E-state index is 11.7. The molecule has 6 aliphatic rings. The molecule has 4 saturated heterocycles. The van der Waals surface area contributed by atoms with Gasteiger partial charge in [0.2, 0.25) is 0 Å². The van der Waals surface area contributed by atoms with E-state index in [0.29, 0.717) is 35.9 Å². The molecule has 1 aliphatic carbocycles. The molecular weight excluding hydrogens is 439 g/mol. The Morgan fingerprint density at radius 1 is 1.23 bits per heavy atom. The number of nitrogens with zero attached hydrogens (tertiary/aromatic N) is 2. The Kier molecular flexibility index (Phi) is 3.51. The first-order valence-corrected chi connectivity index (χ1v) is 10.0. The van der Waals surface area contributed by atoms with Gasteiger partial charge in [0.1, 0.15) is 6.04 Å². The van der Waals surface area contributed by atoms with E-state index in [4.69, 9.17) is 0 Å². The van der Waals surface area contributed by atoms with Gasteiger partial charge in [-0.25, -0.2) is 0 Å². The molecule has 0 amide bonds. The lowest BCUT2D eigenvalue weighted by molar-refractivity contribution is -1.02. The van der Waals surface area contributed by atoms with Crippen LogP contribution in [0.5, 0.6) is 0 Å². The lowest BCUT2D eigenvalue weighted by atomic mass is 9.61. The van der Waals surface area contributed by atoms with Gasteiger partial charge in [-0.3, -0.25) is 4.48 Å². The molecule has 3 unspecified atom stereocenters. The first kappa shape index (κ1) is 17.7. The molecule has 142 valence electrons. The fourth-order valence-electron chi connectivity index (χ4n) is 8.58. The van der Waals surface area contributed by atoms with Crippen molar-refractivity contribution in [2.75, 3.05) is 19.0 Å². The number of halogens is 1. The predicted octanol–water partition coefficient (Wildman–Crippen LogP) is -1.30. The fraction of sp³-hybridized carbons (Fsp3) is 0.714. The molecule has 5 aliphatic heterocycles. The van der Waals surface area contributed by atoms with Crippen LogP contribution in [-0.2, 0) is 5.41 Å². The summed E-state index contributed by atoms with van der Waals surface area (Å²) in [4.78, 5) is 2.44. The second-order valence-corrected chi connectivity index (χ2v) is 9.58. The number of hydrogen-bond donors (Lipinski definition) is 2. The predicted molar refractivity (Wildman–Crippen MR) is 96.1 cm³/mol. The Hall–Kier alpha value is -0.370. The lowest BCUT2D eigenvalue weighted by Gasteiger charge is -2.66. The van der Waals surface area contributed by atoms with Crippen molar-refractivity contribution in [1.29, 1.82) is 0 Å². The number of benzene rings is 1. The average molecular weight is 468 g/mol. The summed E-state index contributed by atoms with van der Waals surface area (Å²) in [6.07, 6.45) is 2.67. The Labute approximate surface area is 172 Å². The topological polar surface area (TPSA) is 43.7 Å². The van der Waals surface area contributed by atoms with Crippen molar-refractivity contribution in [3.63, 3.8) is 0 Å². The molecule has 2 N–H and O–H groups in total. The number of anilines is 1. The van der Waals surface area contributed by atoms with Crippen molar-refractivity contribution in [3.8, 4) is 0 Å². The molecule has 1 saturated carbocycles. The van der Waals surface area contributed by atoms with E-state index in [-0.39, 0.29) is 41.7 Å². The van der Waals surface area contributed by atoms with Crippen molar-refractivity contribution in [2.45, 2.75) is 62.1 Å². The Morgan fingerprint density at radius 2 is 1.96 bits per heavy atom. The Bertz CT molecular complexity index is 774. The third kappa shape index (κ3) is 1.51. The summed E-state index contributed by atoms with van der Waals surface area (Å²) < 4.78 is 0.779. The van der Waals surface area contributed by atoms with Crippen LogP contribution in [0.1, 0.15) is 31.7 Å². The van der Waals surface area contributed by atoms with Crippen LogP contribution in [0, 0.1) is 17.8 Å². The molecule has 5 heteroatoms. The van der Waals surface area contributed by atoms with Gasteiger partial charge in [-0.15, -0.1) is 0 Å². The largest absolute Gasteiger partial charge is 1.00 e. The number of para-hydroxylation sites is 1. The number of hydrogen-bond acceptors (Lipinski definition) is 3. The Balaban J connectivity index is 0.00000150. The van der Waals surface area contributed by atoms with E-state index in [2.05, 4.69) is 50.2 Å². The number of piperidine rings is 4. The number of fused-ring (bicyclic) bond motifs is 2. The summed E-state index contributed by atoms with van der Waals surface area (Å²) >= 11 is 0. The van der Waals surface area contributed by atoms with Crippen molar-refractivity contribution >= 4 is 5.69 Å². The standard InChI is InChI=1S/C21H29N2O2.HI/c1-4-11-12-9-15-18-21(13-7-5-6-8-14(13)22(18)2)10-16(17(12)19(21)24)23(15,3)20(11)25;/h5-8,11-12,15-20,24-25H,4,9-10H2,1-3H3;1H/q+1;/p-1/t11-,12+,15?,16-,17?,18-,19-,20+,21+,23?;/m0./s1. The monoisotopic (exact) mass is 468 g/mol. The van der Waals surface area contributed by atoms with Gasteiger partial charge in [-0.1, -0.05) is 25.1 Å². The highest BCUT2D eigenvalue weighted by atomic mass is 127. The number of quaternary nitrogens is 1. The molecule has 4 nitrogen and oxygen atoms in total. The molecule has 5 fully saturated rings. The highest BCUT2D eigenvalue weighted by Crippen LogP contribution is 2.70. The first-order chi connectivity index (χ1) is 12.0. The summed E-state index contributed by atoms with van der Waals surface area (Å²) in [5.74, 6) is 1.17. The molecule has 1 aromatic carbocycles. The fourth-order valence-corrected chi connectivity index (χ4v) is 8.58. The molecule has 0 aromatic heterocycles. The number of aliphatic hydroxyl groups is 2. The van der Waals surface area contributed by atoms with Crippen molar-refractivity contribution in [3.05, 3.63) is 29.8 Å². The van der Waals surface area contributed by atoms with Crippen LogP contribution in [0.2, 0.25) is 0 Å². The molecule has 1 spiro atoms. The number of rotatable bonds is 1. The molecule has 10 atom stereocenters. The minimum absolute atomic E-state index is 0. The van der Waals surface area contributed by atoms with E-state index in [1.807, 2.05) is 0 Å². The Morgan fingerprint density at radius 3 is 2.69 bits per heavy atom. The van der Waals surface area contributed by atoms with Gasteiger partial charge in [0, 0.05) is 37.4 Å². The molecule has 5 bridgehead atoms. The molecular formula is C21H29IN2O2. The highest BCUT2D eigenvalue weighted by molar-refractivity contribution is 5.66. The third-order valence-corrected chi connectivity index (χ3v) is 9.39. The zero-order valence-corrected chi connectivity index (χ0v) is 17.9. The van der Waals surface area contributed by atoms with E-state index < -0.39 is 0 Å². The van der Waals surface area contributed by atoms with Crippen LogP contribution in [-0.4, -0.2) is 59.2 Å². The van der Waals surface area contributed by atoms with Gasteiger partial charge in [0.15, 0.2) is 6.23 Å². The second-order valence-electron chi connectivity index (χ2n) is 9.58. The summed E-state index contributed by atoms with van der Waals surface area (Å²) in [5.41, 5.74) is 2.54. The average Bonchev–Trinajstić information content (AvgIpc) is 2.99. The van der Waals surface area contributed by atoms with Crippen LogP contribution in [0.15, 0.2) is 24.3 Å². The SMILES string of the molecule is CC[C@@H]1[C@@H](O)[N+]2(C)C3C[C@H]1C1[C@H](O)[C@]4(C[C@@H]12)c1ccccc1N(C)[C@@H]34.[I-]. The quantitative estimate of drug-likeness (QED) is 0.398. The summed E-state index contributed by atoms with van der Waals surface area (Å²) in [5, 5.41) is 23.1. The van der Waals surface area contributed by atoms with Crippen LogP contribution in [0.3, 0.4) is 0 Å². The molecule has 5 heterocycles. The van der Waals surface area contributed by atoms with E-state index in [0.717, 1.165) is 23.7 Å². The normalized spacial score (nSPS) is 54.9. The van der Waals surface area contributed by atoms with E-state index in [1.54, 1.807) is 0 Å². The van der Waals surface area contributed by atoms with Gasteiger partial charge in [-0.2, -0.15) is 0 Å². The van der Waals surface area contributed by atoms with E-state index in [1.165, 1.54) is 11.3 Å². The number of aliphatic hydroxyl groups excluding tert-OH is 2. The zero-order valence-electron chi connectivity index (χ0n) is 15.7. The van der Waals surface area contributed by atoms with Crippen LogP contribution >= 0.6 is 0 Å². The third-order valence-electron chi connectivity index (χ3n) is 9.39. The van der Waals surface area contributed by atoms with Crippen LogP contribution in [0.25, 0.3) is 0 Å². The van der Waals surface area contributed by atoms with Crippen molar-refractivity contribution < 1.29 is 38.7 Å². The van der Waals surface area contributed by atoms with Gasteiger partial charge < -0.3 is 39.1 Å². The molecule has 0 radical (unpaired) electrons. The smallest absolute Gasteiger partial charge is 0.193 e. The van der Waals surface area contributed by atoms with Crippen molar-refractivity contribution in [1.82, 2.24) is 0 Å². The summed E-state index contributed by atoms with van der Waals surface area (Å²) in [6.45, 7) is 2.21. The van der Waals surface area contributed by atoms with Gasteiger partial charge >= 0.3 is 0 Å². The number of likely N-dealkylation sites (N-methyl/N-ethyl adjacent to an activating group) is 2. The summed E-state index contributed by atoms with van der Waals surface area (Å²) in [7, 11) is 4.51. The van der Waals surface area contributed by atoms with E-state index in [9.17, 15) is 10.2 Å². The minimum Gasteiger partial charge on any atom is -1.00 e. The van der Waals surface area contributed by atoms with Gasteiger partial charge in [-0.05, 0) is 24.0 Å². The highest BCUT2D eigenvalue weighted by Gasteiger charge is 2.82.